The standard InChI is InChI=1S/C18H26BrNO4/c1-12(2)10-23-15-6-5-7-16(24-11-13(3)4)18(15)20-17(22)8-14(21)9-19/h5-7,12-13H,8-11H2,1-4H3,(H,20,22). The van der Waals surface area contributed by atoms with E-state index in [2.05, 4.69) is 21.2 Å². The molecule has 0 atom stereocenters. The molecule has 134 valence electrons. The van der Waals surface area contributed by atoms with Crippen LogP contribution in [0.25, 0.3) is 0 Å². The van der Waals surface area contributed by atoms with Gasteiger partial charge in [-0.05, 0) is 24.0 Å². The fourth-order valence-electron chi connectivity index (χ4n) is 1.80. The zero-order chi connectivity index (χ0) is 18.1. The van der Waals surface area contributed by atoms with Gasteiger partial charge in [0.1, 0.15) is 17.2 Å². The number of para-hydroxylation sites is 1. The van der Waals surface area contributed by atoms with Crippen molar-refractivity contribution in [1.29, 1.82) is 0 Å². The number of nitrogens with one attached hydrogen (secondary N) is 1. The molecule has 5 nitrogen and oxygen atoms in total. The van der Waals surface area contributed by atoms with Gasteiger partial charge in [0.15, 0.2) is 5.78 Å². The van der Waals surface area contributed by atoms with Crippen molar-refractivity contribution in [3.8, 4) is 11.5 Å². The van der Waals surface area contributed by atoms with Gasteiger partial charge in [-0.2, -0.15) is 0 Å². The smallest absolute Gasteiger partial charge is 0.232 e. The lowest BCUT2D eigenvalue weighted by molar-refractivity contribution is -0.123. The molecule has 0 heterocycles. The quantitative estimate of drug-likeness (QED) is 0.476. The molecule has 0 bridgehead atoms. The molecule has 0 aliphatic heterocycles. The molecule has 0 saturated carbocycles. The molecule has 0 fully saturated rings. The number of hydrogen-bond acceptors (Lipinski definition) is 4. The summed E-state index contributed by atoms with van der Waals surface area (Å²) in [6, 6.07) is 5.39. The van der Waals surface area contributed by atoms with E-state index in [4.69, 9.17) is 9.47 Å². The lowest BCUT2D eigenvalue weighted by atomic mass is 10.2. The Morgan fingerprint density at radius 1 is 1.04 bits per heavy atom. The van der Waals surface area contributed by atoms with Gasteiger partial charge in [0.25, 0.3) is 0 Å². The van der Waals surface area contributed by atoms with Crippen LogP contribution < -0.4 is 14.8 Å². The normalized spacial score (nSPS) is 10.8. The first kappa shape index (κ1) is 20.5. The van der Waals surface area contributed by atoms with Crippen molar-refractivity contribution in [2.24, 2.45) is 11.8 Å². The Morgan fingerprint density at radius 3 is 1.96 bits per heavy atom. The molecular weight excluding hydrogens is 374 g/mol. The molecule has 1 aromatic rings. The van der Waals surface area contributed by atoms with Gasteiger partial charge in [-0.3, -0.25) is 9.59 Å². The van der Waals surface area contributed by atoms with Crippen LogP contribution in [0.1, 0.15) is 34.1 Å². The first-order chi connectivity index (χ1) is 11.3. The van der Waals surface area contributed by atoms with Gasteiger partial charge in [-0.15, -0.1) is 0 Å². The van der Waals surface area contributed by atoms with Crippen molar-refractivity contribution < 1.29 is 19.1 Å². The van der Waals surface area contributed by atoms with Crippen LogP contribution in [0.15, 0.2) is 18.2 Å². The Hall–Kier alpha value is -1.56. The van der Waals surface area contributed by atoms with Gasteiger partial charge in [0.2, 0.25) is 5.91 Å². The number of anilines is 1. The molecule has 0 unspecified atom stereocenters. The molecule has 0 spiro atoms. The molecule has 1 amide bonds. The summed E-state index contributed by atoms with van der Waals surface area (Å²) >= 11 is 3.06. The number of benzene rings is 1. The number of alkyl halides is 1. The minimum Gasteiger partial charge on any atom is -0.491 e. The van der Waals surface area contributed by atoms with E-state index in [9.17, 15) is 9.59 Å². The van der Waals surface area contributed by atoms with Gasteiger partial charge < -0.3 is 14.8 Å². The van der Waals surface area contributed by atoms with Crippen molar-refractivity contribution in [1.82, 2.24) is 0 Å². The maximum Gasteiger partial charge on any atom is 0.232 e. The molecule has 0 aromatic heterocycles. The number of Topliss-reactive ketones (excluding diaryl/α,β-unsaturated/α-hetero) is 1. The second kappa shape index (κ2) is 10.3. The van der Waals surface area contributed by atoms with Crippen LogP contribution in [-0.2, 0) is 9.59 Å². The molecule has 24 heavy (non-hydrogen) atoms. The Balaban J connectivity index is 2.99. The highest BCUT2D eigenvalue weighted by Crippen LogP contribution is 2.35. The molecule has 6 heteroatoms. The third-order valence-electron chi connectivity index (χ3n) is 2.90. The average Bonchev–Trinajstić information content (AvgIpc) is 2.51. The minimum absolute atomic E-state index is 0.155. The zero-order valence-electron chi connectivity index (χ0n) is 14.7. The molecule has 0 aliphatic rings. The highest BCUT2D eigenvalue weighted by atomic mass is 79.9. The van der Waals surface area contributed by atoms with E-state index in [1.165, 1.54) is 0 Å². The summed E-state index contributed by atoms with van der Waals surface area (Å²) in [5.41, 5.74) is 0.478. The summed E-state index contributed by atoms with van der Waals surface area (Å²) in [6.45, 7) is 9.24. The molecule has 1 rings (SSSR count). The van der Waals surface area contributed by atoms with Crippen molar-refractivity contribution in [2.75, 3.05) is 23.9 Å². The minimum atomic E-state index is -0.380. The van der Waals surface area contributed by atoms with Gasteiger partial charge >= 0.3 is 0 Å². The number of rotatable bonds is 10. The van der Waals surface area contributed by atoms with Gasteiger partial charge in [-0.1, -0.05) is 49.7 Å². The van der Waals surface area contributed by atoms with Crippen LogP contribution in [0.3, 0.4) is 0 Å². The number of carbonyl (C=O) groups excluding carboxylic acids is 2. The Kier molecular flexibility index (Phi) is 8.82. The lowest BCUT2D eigenvalue weighted by Crippen LogP contribution is -2.19. The number of hydrogen-bond donors (Lipinski definition) is 1. The fraction of sp³-hybridized carbons (Fsp3) is 0.556. The van der Waals surface area contributed by atoms with Crippen molar-refractivity contribution >= 4 is 33.3 Å². The van der Waals surface area contributed by atoms with Crippen LogP contribution in [0.2, 0.25) is 0 Å². The first-order valence-electron chi connectivity index (χ1n) is 8.09. The summed E-state index contributed by atoms with van der Waals surface area (Å²) in [7, 11) is 0. The molecule has 0 saturated heterocycles. The summed E-state index contributed by atoms with van der Waals surface area (Å²) in [6.07, 6.45) is -0.187. The molecule has 1 N–H and O–H groups in total. The van der Waals surface area contributed by atoms with Crippen LogP contribution in [0.4, 0.5) is 5.69 Å². The molecule has 1 aromatic carbocycles. The van der Waals surface area contributed by atoms with E-state index in [1.54, 1.807) is 12.1 Å². The molecule has 0 radical (unpaired) electrons. The van der Waals surface area contributed by atoms with E-state index in [1.807, 2.05) is 33.8 Å². The summed E-state index contributed by atoms with van der Waals surface area (Å²) < 4.78 is 11.6. The first-order valence-corrected chi connectivity index (χ1v) is 9.21. The second-order valence-corrected chi connectivity index (χ2v) is 7.00. The largest absolute Gasteiger partial charge is 0.491 e. The van der Waals surface area contributed by atoms with Crippen LogP contribution >= 0.6 is 15.9 Å². The predicted octanol–water partition coefficient (Wildman–Crippen LogP) is 4.05. The summed E-state index contributed by atoms with van der Waals surface area (Å²) in [5.74, 6) is 1.23. The topological polar surface area (TPSA) is 64.6 Å². The maximum atomic E-state index is 12.1. The Labute approximate surface area is 152 Å². The van der Waals surface area contributed by atoms with Crippen molar-refractivity contribution in [2.45, 2.75) is 34.1 Å². The van der Waals surface area contributed by atoms with Crippen LogP contribution in [0, 0.1) is 11.8 Å². The van der Waals surface area contributed by atoms with Crippen molar-refractivity contribution in [3.63, 3.8) is 0 Å². The number of ketones is 1. The van der Waals surface area contributed by atoms with Gasteiger partial charge in [0, 0.05) is 0 Å². The number of carbonyl (C=O) groups is 2. The van der Waals surface area contributed by atoms with E-state index < -0.39 is 0 Å². The third kappa shape index (κ3) is 7.34. The number of halogens is 1. The second-order valence-electron chi connectivity index (χ2n) is 6.44. The van der Waals surface area contributed by atoms with Gasteiger partial charge in [-0.25, -0.2) is 0 Å². The molecule has 0 aliphatic carbocycles. The monoisotopic (exact) mass is 399 g/mol. The highest BCUT2D eigenvalue weighted by molar-refractivity contribution is 9.09. The van der Waals surface area contributed by atoms with Crippen LogP contribution in [-0.4, -0.2) is 30.2 Å². The highest BCUT2D eigenvalue weighted by Gasteiger charge is 2.16. The SMILES string of the molecule is CC(C)COc1cccc(OCC(C)C)c1NC(=O)CC(=O)CBr. The predicted molar refractivity (Wildman–Crippen MR) is 99.2 cm³/mol. The van der Waals surface area contributed by atoms with Gasteiger partial charge in [0.05, 0.1) is 25.0 Å². The molecular formula is C18H26BrNO4. The number of amides is 1. The maximum absolute atomic E-state index is 12.1. The number of ether oxygens (including phenoxy) is 2. The fourth-order valence-corrected chi connectivity index (χ4v) is 2.00. The van der Waals surface area contributed by atoms with E-state index in [-0.39, 0.29) is 23.4 Å². The van der Waals surface area contributed by atoms with Crippen LogP contribution in [0.5, 0.6) is 11.5 Å². The Morgan fingerprint density at radius 2 is 1.54 bits per heavy atom. The van der Waals surface area contributed by atoms with Crippen molar-refractivity contribution in [3.05, 3.63) is 18.2 Å². The van der Waals surface area contributed by atoms with E-state index in [0.29, 0.717) is 42.2 Å². The zero-order valence-corrected chi connectivity index (χ0v) is 16.3. The average molecular weight is 400 g/mol. The van der Waals surface area contributed by atoms with E-state index in [0.717, 1.165) is 0 Å². The summed E-state index contributed by atoms with van der Waals surface area (Å²) in [4.78, 5) is 23.5. The Bertz CT molecular complexity index is 528. The lowest BCUT2D eigenvalue weighted by Gasteiger charge is -2.18. The van der Waals surface area contributed by atoms with E-state index >= 15 is 0 Å². The summed E-state index contributed by atoms with van der Waals surface area (Å²) in [5, 5.41) is 2.92. The third-order valence-corrected chi connectivity index (χ3v) is 3.53.